The molecular weight excluding hydrogens is 388 g/mol. The predicted molar refractivity (Wildman–Crippen MR) is 123 cm³/mol. The Morgan fingerprint density at radius 3 is 2.19 bits per heavy atom. The molecule has 0 amide bonds. The van der Waals surface area contributed by atoms with Gasteiger partial charge in [-0.15, -0.1) is 10.2 Å². The molecule has 7 nitrogen and oxygen atoms in total. The molecule has 0 spiro atoms. The molecule has 1 aliphatic heterocycles. The molecule has 0 aliphatic carbocycles. The lowest BCUT2D eigenvalue weighted by Crippen LogP contribution is -2.62. The van der Waals surface area contributed by atoms with E-state index >= 15 is 0 Å². The van der Waals surface area contributed by atoms with Gasteiger partial charge in [0.1, 0.15) is 12.1 Å². The van der Waals surface area contributed by atoms with Gasteiger partial charge in [-0.1, -0.05) is 6.07 Å². The topological polar surface area (TPSA) is 87.1 Å². The maximum absolute atomic E-state index is 10.6. The standard InChI is InChI=1S/C24H30N6O/c1-23(2)11-18(12-24(3,4)29-23)30(5)22-9-8-20(27-28-22)19-7-6-16(10-21(19)31)17-13-25-15-26-14-17/h6-10,13-15,18,29,31H,11-12H2,1-5H3. The largest absolute Gasteiger partial charge is 0.507 e. The molecule has 1 aromatic carbocycles. The van der Waals surface area contributed by atoms with E-state index in [0.717, 1.165) is 29.8 Å². The lowest BCUT2D eigenvalue weighted by molar-refractivity contribution is 0.160. The second kappa shape index (κ2) is 7.89. The monoisotopic (exact) mass is 418 g/mol. The summed E-state index contributed by atoms with van der Waals surface area (Å²) in [5, 5.41) is 23.2. The van der Waals surface area contributed by atoms with Crippen molar-refractivity contribution in [2.75, 3.05) is 11.9 Å². The summed E-state index contributed by atoms with van der Waals surface area (Å²) in [5.41, 5.74) is 3.10. The first-order valence-electron chi connectivity index (χ1n) is 10.6. The number of piperidine rings is 1. The minimum Gasteiger partial charge on any atom is -0.507 e. The van der Waals surface area contributed by atoms with Crippen LogP contribution in [0.25, 0.3) is 22.4 Å². The number of phenolic OH excluding ortho intramolecular Hbond substituents is 1. The number of hydrogen-bond acceptors (Lipinski definition) is 7. The number of benzene rings is 1. The zero-order valence-electron chi connectivity index (χ0n) is 18.8. The lowest BCUT2D eigenvalue weighted by atomic mass is 9.79. The van der Waals surface area contributed by atoms with Crippen molar-refractivity contribution in [3.8, 4) is 28.1 Å². The molecule has 0 radical (unpaired) electrons. The smallest absolute Gasteiger partial charge is 0.151 e. The third-order valence-corrected chi connectivity index (χ3v) is 5.90. The van der Waals surface area contributed by atoms with E-state index in [1.165, 1.54) is 6.33 Å². The van der Waals surface area contributed by atoms with Crippen molar-refractivity contribution in [2.45, 2.75) is 57.7 Å². The second-order valence-electron chi connectivity index (χ2n) is 9.70. The van der Waals surface area contributed by atoms with Crippen molar-refractivity contribution in [1.82, 2.24) is 25.5 Å². The van der Waals surface area contributed by atoms with Crippen LogP contribution in [-0.2, 0) is 0 Å². The van der Waals surface area contributed by atoms with Gasteiger partial charge in [0.15, 0.2) is 5.82 Å². The molecule has 4 rings (SSSR count). The summed E-state index contributed by atoms with van der Waals surface area (Å²) in [5.74, 6) is 0.985. The molecule has 1 saturated heterocycles. The molecule has 0 saturated carbocycles. The number of rotatable bonds is 4. The maximum Gasteiger partial charge on any atom is 0.151 e. The molecule has 2 N–H and O–H groups in total. The van der Waals surface area contributed by atoms with Crippen LogP contribution in [0.1, 0.15) is 40.5 Å². The van der Waals surface area contributed by atoms with Gasteiger partial charge in [-0.25, -0.2) is 9.97 Å². The fourth-order valence-electron chi connectivity index (χ4n) is 4.76. The Labute approximate surface area is 183 Å². The highest BCUT2D eigenvalue weighted by Crippen LogP contribution is 2.34. The molecule has 31 heavy (non-hydrogen) atoms. The molecule has 0 unspecified atom stereocenters. The van der Waals surface area contributed by atoms with Crippen LogP contribution in [-0.4, -0.2) is 49.4 Å². The molecule has 162 valence electrons. The van der Waals surface area contributed by atoms with Gasteiger partial charge in [0.25, 0.3) is 0 Å². The van der Waals surface area contributed by atoms with Gasteiger partial charge in [0.2, 0.25) is 0 Å². The van der Waals surface area contributed by atoms with Crippen LogP contribution in [0.15, 0.2) is 49.1 Å². The zero-order valence-corrected chi connectivity index (χ0v) is 18.8. The van der Waals surface area contributed by atoms with Gasteiger partial charge in [-0.05, 0) is 70.4 Å². The van der Waals surface area contributed by atoms with Crippen molar-refractivity contribution in [2.24, 2.45) is 0 Å². The van der Waals surface area contributed by atoms with Gasteiger partial charge in [0, 0.05) is 47.7 Å². The highest BCUT2D eigenvalue weighted by atomic mass is 16.3. The first kappa shape index (κ1) is 21.2. The van der Waals surface area contributed by atoms with E-state index in [4.69, 9.17) is 0 Å². The molecule has 1 aliphatic rings. The molecular formula is C24H30N6O. The van der Waals surface area contributed by atoms with Gasteiger partial charge in [0.05, 0.1) is 5.69 Å². The Hall–Kier alpha value is -3.06. The van der Waals surface area contributed by atoms with Crippen LogP contribution in [0.3, 0.4) is 0 Å². The fraction of sp³-hybridized carbons (Fsp3) is 0.417. The summed E-state index contributed by atoms with van der Waals surface area (Å²) in [7, 11) is 2.08. The Bertz CT molecular complexity index is 1030. The number of hydrogen-bond donors (Lipinski definition) is 2. The quantitative estimate of drug-likeness (QED) is 0.661. The van der Waals surface area contributed by atoms with E-state index < -0.39 is 0 Å². The highest BCUT2D eigenvalue weighted by molar-refractivity contribution is 5.73. The number of anilines is 1. The summed E-state index contributed by atoms with van der Waals surface area (Å²) < 4.78 is 0. The van der Waals surface area contributed by atoms with Gasteiger partial charge in [-0.2, -0.15) is 0 Å². The highest BCUT2D eigenvalue weighted by Gasteiger charge is 2.39. The zero-order chi connectivity index (χ0) is 22.2. The SMILES string of the molecule is CN(c1ccc(-c2ccc(-c3cncnc3)cc2O)nn1)C1CC(C)(C)NC(C)(C)C1. The first-order valence-corrected chi connectivity index (χ1v) is 10.6. The van der Waals surface area contributed by atoms with Gasteiger partial charge >= 0.3 is 0 Å². The summed E-state index contributed by atoms with van der Waals surface area (Å²) >= 11 is 0. The van der Waals surface area contributed by atoms with Crippen LogP contribution < -0.4 is 10.2 Å². The van der Waals surface area contributed by atoms with Crippen LogP contribution >= 0.6 is 0 Å². The third-order valence-electron chi connectivity index (χ3n) is 5.90. The van der Waals surface area contributed by atoms with Crippen LogP contribution in [0.5, 0.6) is 5.75 Å². The number of nitrogens with zero attached hydrogens (tertiary/aromatic N) is 5. The first-order chi connectivity index (χ1) is 14.6. The van der Waals surface area contributed by atoms with E-state index in [-0.39, 0.29) is 16.8 Å². The van der Waals surface area contributed by atoms with Crippen molar-refractivity contribution in [3.63, 3.8) is 0 Å². The number of aromatic hydroxyl groups is 1. The molecule has 0 atom stereocenters. The van der Waals surface area contributed by atoms with E-state index in [1.807, 2.05) is 24.3 Å². The predicted octanol–water partition coefficient (Wildman–Crippen LogP) is 4.05. The van der Waals surface area contributed by atoms with Crippen molar-refractivity contribution < 1.29 is 5.11 Å². The Morgan fingerprint density at radius 2 is 1.61 bits per heavy atom. The van der Waals surface area contributed by atoms with Gasteiger partial charge < -0.3 is 15.3 Å². The van der Waals surface area contributed by atoms with E-state index in [1.54, 1.807) is 18.5 Å². The molecule has 2 aromatic heterocycles. The summed E-state index contributed by atoms with van der Waals surface area (Å²) in [6.45, 7) is 8.99. The average Bonchev–Trinajstić information content (AvgIpc) is 2.72. The van der Waals surface area contributed by atoms with Crippen molar-refractivity contribution in [1.29, 1.82) is 0 Å². The molecule has 3 aromatic rings. The summed E-state index contributed by atoms with van der Waals surface area (Å²) in [6.07, 6.45) is 6.98. The average molecular weight is 419 g/mol. The molecule has 1 fully saturated rings. The van der Waals surface area contributed by atoms with E-state index in [9.17, 15) is 5.11 Å². The Balaban J connectivity index is 1.54. The molecule has 0 bridgehead atoms. The van der Waals surface area contributed by atoms with Crippen LogP contribution in [0.2, 0.25) is 0 Å². The third kappa shape index (κ3) is 4.66. The summed E-state index contributed by atoms with van der Waals surface area (Å²) in [6, 6.07) is 9.73. The van der Waals surface area contributed by atoms with E-state index in [2.05, 4.69) is 65.1 Å². The summed E-state index contributed by atoms with van der Waals surface area (Å²) in [4.78, 5) is 10.3. The minimum absolute atomic E-state index is 0.0609. The van der Waals surface area contributed by atoms with Crippen LogP contribution in [0, 0.1) is 0 Å². The molecule has 3 heterocycles. The fourth-order valence-corrected chi connectivity index (χ4v) is 4.76. The van der Waals surface area contributed by atoms with Crippen molar-refractivity contribution >= 4 is 5.82 Å². The maximum atomic E-state index is 10.6. The normalized spacial score (nSPS) is 18.0. The molecule has 7 heteroatoms. The van der Waals surface area contributed by atoms with E-state index in [0.29, 0.717) is 17.3 Å². The Morgan fingerprint density at radius 1 is 0.935 bits per heavy atom. The van der Waals surface area contributed by atoms with Crippen molar-refractivity contribution in [3.05, 3.63) is 49.1 Å². The Kier molecular flexibility index (Phi) is 5.39. The minimum atomic E-state index is 0.0609. The second-order valence-corrected chi connectivity index (χ2v) is 9.70. The van der Waals surface area contributed by atoms with Crippen LogP contribution in [0.4, 0.5) is 5.82 Å². The number of phenols is 1. The number of aromatic nitrogens is 4. The number of nitrogens with one attached hydrogen (secondary N) is 1. The van der Waals surface area contributed by atoms with Gasteiger partial charge in [-0.3, -0.25) is 0 Å². The lowest BCUT2D eigenvalue weighted by Gasteiger charge is -2.49.